The third-order valence-corrected chi connectivity index (χ3v) is 5.02. The Balaban J connectivity index is 0.00000171. The summed E-state index contributed by atoms with van der Waals surface area (Å²) in [4.78, 5) is 23.1. The number of benzene rings is 4. The molecule has 0 saturated carbocycles. The van der Waals surface area contributed by atoms with Gasteiger partial charge < -0.3 is 25.9 Å². The molecule has 9 heteroatoms. The van der Waals surface area contributed by atoms with Crippen molar-refractivity contribution in [3.05, 3.63) is 82.9 Å². The summed E-state index contributed by atoms with van der Waals surface area (Å²) < 4.78 is 0. The molecule has 0 amide bonds. The number of carboxylic acids is 2. The molecule has 0 unspecified atom stereocenters. The molecule has 0 aliphatic heterocycles. The van der Waals surface area contributed by atoms with E-state index in [1.54, 1.807) is 48.5 Å². The van der Waals surface area contributed by atoms with E-state index >= 15 is 0 Å². The topological polar surface area (TPSA) is 152 Å². The van der Waals surface area contributed by atoms with Crippen molar-refractivity contribution in [3.8, 4) is 11.5 Å². The molecule has 7 nitrogen and oxygen atoms in total. The quantitative estimate of drug-likeness (QED) is 0.306. The Morgan fingerprint density at radius 2 is 1.03 bits per heavy atom. The van der Waals surface area contributed by atoms with E-state index in [4.69, 9.17) is 0 Å². The average molecular weight is 450 g/mol. The minimum atomic E-state index is -1.35. The molecule has 0 atom stereocenters. The normalized spacial score (nSPS) is 10.0. The van der Waals surface area contributed by atoms with E-state index < -0.39 is 23.4 Å². The molecule has 0 heterocycles. The van der Waals surface area contributed by atoms with Crippen molar-refractivity contribution in [1.29, 1.82) is 0 Å². The van der Waals surface area contributed by atoms with Gasteiger partial charge in [-0.2, -0.15) is 0 Å². The van der Waals surface area contributed by atoms with Gasteiger partial charge in [-0.05, 0) is 51.2 Å². The molecule has 4 aromatic carbocycles. The zero-order chi connectivity index (χ0) is 20.7. The van der Waals surface area contributed by atoms with Crippen LogP contribution in [0.4, 0.5) is 0 Å². The Hall–Kier alpha value is -2.10. The van der Waals surface area contributed by atoms with Crippen LogP contribution in [0.1, 0.15) is 31.8 Å². The fourth-order valence-corrected chi connectivity index (χ4v) is 3.65. The smallest absolute Gasteiger partial charge is 0.872 e. The van der Waals surface area contributed by atoms with Crippen molar-refractivity contribution in [2.24, 2.45) is 0 Å². The second kappa shape index (κ2) is 11.2. The number of fused-ring (bicyclic) bond motifs is 2. The summed E-state index contributed by atoms with van der Waals surface area (Å²) in [6, 6.07) is 16.3. The van der Waals surface area contributed by atoms with Crippen molar-refractivity contribution in [2.75, 3.05) is 0 Å². The monoisotopic (exact) mass is 450 g/mol. The van der Waals surface area contributed by atoms with Crippen LogP contribution in [-0.2, 0) is 6.42 Å². The fraction of sp³-hybridized carbons (Fsp3) is 0.0435. The summed E-state index contributed by atoms with van der Waals surface area (Å²) in [5.41, 5.74) is -0.453. The zero-order valence-electron chi connectivity index (χ0n) is 17.5. The van der Waals surface area contributed by atoms with Gasteiger partial charge in [0.15, 0.2) is 0 Å². The van der Waals surface area contributed by atoms with Gasteiger partial charge in [-0.1, -0.05) is 60.0 Å². The van der Waals surface area contributed by atoms with Crippen LogP contribution in [0.5, 0.6) is 11.5 Å². The van der Waals surface area contributed by atoms with Crippen LogP contribution in [-0.4, -0.2) is 27.6 Å². The molecule has 0 saturated heterocycles. The molecule has 4 aromatic rings. The van der Waals surface area contributed by atoms with Gasteiger partial charge in [0, 0.05) is 0 Å². The molecule has 0 aromatic heterocycles. The summed E-state index contributed by atoms with van der Waals surface area (Å²) in [5.74, 6) is -4.07. The Morgan fingerprint density at radius 3 is 1.38 bits per heavy atom. The summed E-state index contributed by atoms with van der Waals surface area (Å²) in [6.07, 6.45) is -0.166. The SMILES string of the molecule is O.O=C(O)c1cc2ccccc2c(Cc2c([O-])c(C(=O)O)cc3ccccc23)c1[O-].[Na+].[Na+]. The van der Waals surface area contributed by atoms with Crippen LogP contribution in [0.25, 0.3) is 21.5 Å². The van der Waals surface area contributed by atoms with E-state index in [1.807, 2.05) is 0 Å². The van der Waals surface area contributed by atoms with E-state index in [9.17, 15) is 30.0 Å². The molecule has 152 valence electrons. The first kappa shape index (κ1) is 27.9. The van der Waals surface area contributed by atoms with E-state index in [0.717, 1.165) is 0 Å². The minimum Gasteiger partial charge on any atom is -0.872 e. The molecule has 0 fully saturated rings. The van der Waals surface area contributed by atoms with E-state index in [0.29, 0.717) is 21.5 Å². The van der Waals surface area contributed by atoms with Crippen molar-refractivity contribution in [3.63, 3.8) is 0 Å². The maximum absolute atomic E-state index is 12.9. The zero-order valence-corrected chi connectivity index (χ0v) is 21.5. The van der Waals surface area contributed by atoms with Crippen LogP contribution in [0.3, 0.4) is 0 Å². The van der Waals surface area contributed by atoms with Crippen molar-refractivity contribution >= 4 is 33.5 Å². The number of rotatable bonds is 4. The van der Waals surface area contributed by atoms with Crippen molar-refractivity contribution in [2.45, 2.75) is 6.42 Å². The number of hydrogen-bond donors (Lipinski definition) is 2. The molecule has 0 spiro atoms. The largest absolute Gasteiger partial charge is 1.00 e. The van der Waals surface area contributed by atoms with Crippen LogP contribution in [0.2, 0.25) is 0 Å². The Bertz CT molecular complexity index is 1220. The molecule has 4 N–H and O–H groups in total. The summed E-state index contributed by atoms with van der Waals surface area (Å²) >= 11 is 0. The third-order valence-electron chi connectivity index (χ3n) is 5.02. The molecule has 0 radical (unpaired) electrons. The van der Waals surface area contributed by atoms with Crippen LogP contribution in [0.15, 0.2) is 60.7 Å². The summed E-state index contributed by atoms with van der Waals surface area (Å²) in [6.45, 7) is 0. The Labute approximate surface area is 227 Å². The molecule has 0 aliphatic carbocycles. The van der Waals surface area contributed by atoms with Gasteiger partial charge in [-0.25, -0.2) is 9.59 Å². The first-order valence-electron chi connectivity index (χ1n) is 8.78. The maximum Gasteiger partial charge on any atom is 1.00 e. The van der Waals surface area contributed by atoms with Gasteiger partial charge in [-0.15, -0.1) is 0 Å². The fourth-order valence-electron chi connectivity index (χ4n) is 3.65. The van der Waals surface area contributed by atoms with Crippen molar-refractivity contribution < 1.29 is 94.6 Å². The summed E-state index contributed by atoms with van der Waals surface area (Å²) in [5, 5.41) is 46.8. The van der Waals surface area contributed by atoms with Gasteiger partial charge in [0.2, 0.25) is 0 Å². The minimum absolute atomic E-state index is 0. The Kier molecular flexibility index (Phi) is 9.74. The second-order valence-corrected chi connectivity index (χ2v) is 6.69. The van der Waals surface area contributed by atoms with Gasteiger partial charge in [0.05, 0.1) is 11.1 Å². The number of aromatic carboxylic acids is 2. The predicted octanol–water partition coefficient (Wildman–Crippen LogP) is -3.69. The first-order chi connectivity index (χ1) is 13.9. The number of carboxylic acid groups (broad SMARTS) is 2. The molecular formula is C23H16Na2O7. The standard InChI is InChI=1S/C23H16O6.2Na.H2O/c24-20-16(14-7-3-1-5-12(14)9-18(20)22(26)27)11-17-15-8-4-2-6-13(15)10-19(21(17)25)23(28)29;;;/h1-10,24-25H,11H2,(H,26,27)(H,28,29);;;1H2/q;2*+1;/p-2. The van der Waals surface area contributed by atoms with E-state index in [2.05, 4.69) is 0 Å². The van der Waals surface area contributed by atoms with E-state index in [-0.39, 0.29) is 93.3 Å². The van der Waals surface area contributed by atoms with Crippen LogP contribution in [0, 0.1) is 0 Å². The number of hydrogen-bond acceptors (Lipinski definition) is 4. The molecule has 32 heavy (non-hydrogen) atoms. The molecule has 4 rings (SSSR count). The van der Waals surface area contributed by atoms with Crippen molar-refractivity contribution in [1.82, 2.24) is 0 Å². The summed E-state index contributed by atoms with van der Waals surface area (Å²) in [7, 11) is 0. The second-order valence-electron chi connectivity index (χ2n) is 6.69. The van der Waals surface area contributed by atoms with E-state index in [1.165, 1.54) is 12.1 Å². The van der Waals surface area contributed by atoms with Gasteiger partial charge >= 0.3 is 71.1 Å². The van der Waals surface area contributed by atoms with Gasteiger partial charge in [0.1, 0.15) is 0 Å². The molecule has 0 aliphatic rings. The third kappa shape index (κ3) is 4.94. The number of carbonyl (C=O) groups is 2. The average Bonchev–Trinajstić information content (AvgIpc) is 2.70. The first-order valence-corrected chi connectivity index (χ1v) is 8.78. The van der Waals surface area contributed by atoms with Gasteiger partial charge in [0.25, 0.3) is 0 Å². The maximum atomic E-state index is 12.9. The molecular weight excluding hydrogens is 434 g/mol. The predicted molar refractivity (Wildman–Crippen MR) is 107 cm³/mol. The van der Waals surface area contributed by atoms with Crippen LogP contribution >= 0.6 is 0 Å². The van der Waals surface area contributed by atoms with Gasteiger partial charge in [-0.3, -0.25) is 0 Å². The molecule has 0 bridgehead atoms. The Morgan fingerprint density at radius 1 is 0.688 bits per heavy atom. The van der Waals surface area contributed by atoms with Crippen LogP contribution < -0.4 is 69.3 Å².